The largest absolute Gasteiger partial charge is 0.436 e. The fourth-order valence-electron chi connectivity index (χ4n) is 3.96. The molecule has 3 rings (SSSR count). The van der Waals surface area contributed by atoms with Gasteiger partial charge in [-0.3, -0.25) is 4.79 Å². The number of rotatable bonds is 8. The first-order chi connectivity index (χ1) is 15.2. The lowest BCUT2D eigenvalue weighted by molar-refractivity contribution is -0.134. The number of morpholine rings is 1. The molecule has 1 N–H and O–H groups in total. The van der Waals surface area contributed by atoms with Crippen LogP contribution in [0, 0.1) is 17.2 Å². The van der Waals surface area contributed by atoms with Crippen LogP contribution in [0.25, 0.3) is 0 Å². The second-order valence-electron chi connectivity index (χ2n) is 7.99. The Morgan fingerprint density at radius 2 is 1.87 bits per heavy atom. The number of hydrogen-bond acceptors (Lipinski definition) is 6. The van der Waals surface area contributed by atoms with Crippen molar-refractivity contribution in [2.24, 2.45) is 5.92 Å². The van der Waals surface area contributed by atoms with Gasteiger partial charge in [-0.05, 0) is 18.4 Å². The summed E-state index contributed by atoms with van der Waals surface area (Å²) in [5.74, 6) is -0.466. The van der Waals surface area contributed by atoms with Gasteiger partial charge < -0.3 is 24.4 Å². The van der Waals surface area contributed by atoms with Crippen LogP contribution in [0.2, 0.25) is 0 Å². The molecule has 1 aliphatic heterocycles. The molecule has 2 amide bonds. The van der Waals surface area contributed by atoms with Gasteiger partial charge in [-0.1, -0.05) is 49.6 Å². The molecule has 1 heterocycles. The lowest BCUT2D eigenvalue weighted by atomic mass is 9.85. The summed E-state index contributed by atoms with van der Waals surface area (Å²) < 4.78 is 16.6. The number of ether oxygens (including phenoxy) is 3. The molecule has 2 fully saturated rings. The summed E-state index contributed by atoms with van der Waals surface area (Å²) >= 11 is 0. The van der Waals surface area contributed by atoms with Gasteiger partial charge in [0.25, 0.3) is 5.91 Å². The molecule has 1 saturated carbocycles. The molecule has 1 saturated heterocycles. The molecular weight excluding hydrogens is 398 g/mol. The molecule has 0 bridgehead atoms. The minimum Gasteiger partial charge on any atom is -0.436 e. The van der Waals surface area contributed by atoms with E-state index in [4.69, 9.17) is 14.2 Å². The minimum atomic E-state index is -0.902. The molecule has 0 spiro atoms. The maximum absolute atomic E-state index is 13.0. The van der Waals surface area contributed by atoms with Gasteiger partial charge in [0, 0.05) is 19.0 Å². The van der Waals surface area contributed by atoms with Crippen molar-refractivity contribution >= 4 is 12.0 Å². The summed E-state index contributed by atoms with van der Waals surface area (Å²) in [6, 6.07) is 10.9. The highest BCUT2D eigenvalue weighted by atomic mass is 16.6. The zero-order valence-electron chi connectivity index (χ0n) is 17.8. The number of nitriles is 1. The molecule has 0 radical (unpaired) electrons. The maximum Gasteiger partial charge on any atom is 0.410 e. The van der Waals surface area contributed by atoms with Gasteiger partial charge >= 0.3 is 6.09 Å². The first kappa shape index (κ1) is 23.0. The second kappa shape index (κ2) is 12.3. The van der Waals surface area contributed by atoms with E-state index in [9.17, 15) is 14.9 Å². The third kappa shape index (κ3) is 7.23. The van der Waals surface area contributed by atoms with E-state index in [1.165, 1.54) is 0 Å². The highest BCUT2D eigenvalue weighted by molar-refractivity contribution is 5.84. The Bertz CT molecular complexity index is 739. The average molecular weight is 430 g/mol. The molecule has 31 heavy (non-hydrogen) atoms. The molecule has 1 aliphatic carbocycles. The van der Waals surface area contributed by atoms with Crippen LogP contribution in [-0.4, -0.2) is 62.0 Å². The van der Waals surface area contributed by atoms with Crippen LogP contribution >= 0.6 is 0 Å². The van der Waals surface area contributed by atoms with Gasteiger partial charge in [0.05, 0.1) is 32.5 Å². The molecule has 8 heteroatoms. The van der Waals surface area contributed by atoms with E-state index in [-0.39, 0.29) is 12.5 Å². The van der Waals surface area contributed by atoms with E-state index in [2.05, 4.69) is 11.4 Å². The molecule has 168 valence electrons. The molecule has 0 aromatic heterocycles. The second-order valence-corrected chi connectivity index (χ2v) is 7.99. The Labute approximate surface area is 183 Å². The van der Waals surface area contributed by atoms with Crippen LogP contribution in [0.4, 0.5) is 4.79 Å². The maximum atomic E-state index is 13.0. The number of benzene rings is 1. The van der Waals surface area contributed by atoms with Crippen molar-refractivity contribution in [1.82, 2.24) is 10.2 Å². The number of carbonyl (C=O) groups excluding carboxylic acids is 2. The number of amides is 2. The summed E-state index contributed by atoms with van der Waals surface area (Å²) in [5, 5.41) is 12.2. The predicted molar refractivity (Wildman–Crippen MR) is 113 cm³/mol. The molecule has 0 unspecified atom stereocenters. The van der Waals surface area contributed by atoms with E-state index in [0.29, 0.717) is 32.9 Å². The zero-order chi connectivity index (χ0) is 21.9. The molecule has 2 aliphatic rings. The number of hydrogen-bond donors (Lipinski definition) is 1. The summed E-state index contributed by atoms with van der Waals surface area (Å²) in [7, 11) is 0. The predicted octanol–water partition coefficient (Wildman–Crippen LogP) is 2.63. The van der Waals surface area contributed by atoms with Crippen LogP contribution in [0.15, 0.2) is 30.3 Å². The van der Waals surface area contributed by atoms with Gasteiger partial charge in [-0.25, -0.2) is 4.79 Å². The van der Waals surface area contributed by atoms with Crippen molar-refractivity contribution in [1.29, 1.82) is 5.26 Å². The van der Waals surface area contributed by atoms with Crippen molar-refractivity contribution < 1.29 is 23.8 Å². The lowest BCUT2D eigenvalue weighted by Gasteiger charge is -2.32. The summed E-state index contributed by atoms with van der Waals surface area (Å²) in [6.07, 6.45) is 3.39. The Balaban J connectivity index is 1.56. The van der Waals surface area contributed by atoms with Gasteiger partial charge in [0.15, 0.2) is 6.10 Å². The van der Waals surface area contributed by atoms with Crippen LogP contribution < -0.4 is 5.32 Å². The van der Waals surface area contributed by atoms with Gasteiger partial charge in [-0.2, -0.15) is 5.26 Å². The van der Waals surface area contributed by atoms with Gasteiger partial charge in [0.1, 0.15) is 6.04 Å². The van der Waals surface area contributed by atoms with Crippen LogP contribution in [0.1, 0.15) is 37.7 Å². The third-order valence-corrected chi connectivity index (χ3v) is 5.70. The third-order valence-electron chi connectivity index (χ3n) is 5.70. The minimum absolute atomic E-state index is 0.0386. The van der Waals surface area contributed by atoms with E-state index in [0.717, 1.165) is 37.7 Å². The van der Waals surface area contributed by atoms with Crippen LogP contribution in [-0.2, 0) is 25.6 Å². The molecule has 1 aromatic carbocycles. The smallest absolute Gasteiger partial charge is 0.410 e. The van der Waals surface area contributed by atoms with E-state index < -0.39 is 24.1 Å². The van der Waals surface area contributed by atoms with E-state index in [1.54, 1.807) is 4.90 Å². The first-order valence-corrected chi connectivity index (χ1v) is 11.0. The van der Waals surface area contributed by atoms with Crippen molar-refractivity contribution in [3.05, 3.63) is 35.9 Å². The Kier molecular flexibility index (Phi) is 9.13. The Morgan fingerprint density at radius 3 is 2.55 bits per heavy atom. The van der Waals surface area contributed by atoms with Crippen molar-refractivity contribution in [2.45, 2.75) is 50.9 Å². The molecule has 8 nitrogen and oxygen atoms in total. The molecule has 1 aromatic rings. The standard InChI is InChI=1S/C23H31N3O5/c24-15-20(17-30-16-18-7-3-1-4-8-18)25-22(27)21(19-9-5-2-6-10-19)31-23(28)26-11-13-29-14-12-26/h1,3-4,7-8,19-21H,2,5-6,9-14,16-17H2,(H,25,27)/t20-,21+/m1/s1. The lowest BCUT2D eigenvalue weighted by Crippen LogP contribution is -2.50. The monoisotopic (exact) mass is 429 g/mol. The van der Waals surface area contributed by atoms with Crippen LogP contribution in [0.3, 0.4) is 0 Å². The SMILES string of the molecule is N#C[C@H](COCc1ccccc1)NC(=O)[C@@H](OC(=O)N1CCOCC1)C1CCCCC1. The van der Waals surface area contributed by atoms with Crippen molar-refractivity contribution in [3.63, 3.8) is 0 Å². The van der Waals surface area contributed by atoms with E-state index >= 15 is 0 Å². The topological polar surface area (TPSA) is 101 Å². The molecular formula is C23H31N3O5. The Morgan fingerprint density at radius 1 is 1.16 bits per heavy atom. The quantitative estimate of drug-likeness (QED) is 0.682. The summed E-state index contributed by atoms with van der Waals surface area (Å²) in [4.78, 5) is 27.2. The number of nitrogens with zero attached hydrogens (tertiary/aromatic N) is 2. The number of carbonyl (C=O) groups is 2. The fourth-order valence-corrected chi connectivity index (χ4v) is 3.96. The highest BCUT2D eigenvalue weighted by Gasteiger charge is 2.35. The first-order valence-electron chi connectivity index (χ1n) is 11.0. The van der Waals surface area contributed by atoms with Gasteiger partial charge in [0.2, 0.25) is 0 Å². The van der Waals surface area contributed by atoms with Gasteiger partial charge in [-0.15, -0.1) is 0 Å². The Hall–Kier alpha value is -2.63. The van der Waals surface area contributed by atoms with Crippen molar-refractivity contribution in [2.75, 3.05) is 32.9 Å². The van der Waals surface area contributed by atoms with Crippen LogP contribution in [0.5, 0.6) is 0 Å². The number of nitrogens with one attached hydrogen (secondary N) is 1. The fraction of sp³-hybridized carbons (Fsp3) is 0.609. The normalized spacial score (nSPS) is 19.1. The van der Waals surface area contributed by atoms with Crippen molar-refractivity contribution in [3.8, 4) is 6.07 Å². The molecule has 2 atom stereocenters. The summed E-state index contributed by atoms with van der Waals surface area (Å²) in [5.41, 5.74) is 0.991. The summed E-state index contributed by atoms with van der Waals surface area (Å²) in [6.45, 7) is 2.24. The zero-order valence-corrected chi connectivity index (χ0v) is 17.8. The van der Waals surface area contributed by atoms with E-state index in [1.807, 2.05) is 30.3 Å². The highest BCUT2D eigenvalue weighted by Crippen LogP contribution is 2.28. The average Bonchev–Trinajstić information content (AvgIpc) is 2.83.